The Labute approximate surface area is 135 Å². The second-order valence-electron chi connectivity index (χ2n) is 6.89. The Morgan fingerprint density at radius 3 is 2.36 bits per heavy atom. The Hall–Kier alpha value is -0.500. The summed E-state index contributed by atoms with van der Waals surface area (Å²) in [7, 11) is 0. The van der Waals surface area contributed by atoms with E-state index in [1.807, 2.05) is 20.8 Å². The van der Waals surface area contributed by atoms with Gasteiger partial charge in [0.15, 0.2) is 0 Å². The normalized spacial score (nSPS) is 25.5. The largest absolute Gasteiger partial charge is 0.750 e. The predicted octanol–water partition coefficient (Wildman–Crippen LogP) is 2.35. The van der Waals surface area contributed by atoms with Gasteiger partial charge in [-0.05, 0) is 65.2 Å². The van der Waals surface area contributed by atoms with Gasteiger partial charge < -0.3 is 14.0 Å². The summed E-state index contributed by atoms with van der Waals surface area (Å²) in [5.41, 5.74) is -0.490. The van der Waals surface area contributed by atoms with Crippen LogP contribution in [0.5, 0.6) is 0 Å². The molecule has 0 N–H and O–H groups in total. The molecule has 0 saturated heterocycles. The molecule has 0 bridgehead atoms. The van der Waals surface area contributed by atoms with E-state index >= 15 is 0 Å². The second kappa shape index (κ2) is 8.96. The average Bonchev–Trinajstić information content (AvgIpc) is 2.36. The van der Waals surface area contributed by atoms with Crippen molar-refractivity contribution in [3.8, 4) is 0 Å². The summed E-state index contributed by atoms with van der Waals surface area (Å²) in [6.45, 7) is 7.78. The summed E-state index contributed by atoms with van der Waals surface area (Å²) in [6, 6.07) is 0. The van der Waals surface area contributed by atoms with E-state index in [0.717, 1.165) is 25.7 Å². The molecule has 0 radical (unpaired) electrons. The van der Waals surface area contributed by atoms with Crippen LogP contribution in [0.25, 0.3) is 0 Å². The van der Waals surface area contributed by atoms with Crippen molar-refractivity contribution in [2.24, 2.45) is 11.8 Å². The first kappa shape index (κ1) is 19.5. The Balaban J connectivity index is 2.18. The molecule has 0 spiro atoms. The summed E-state index contributed by atoms with van der Waals surface area (Å²) in [5, 5.41) is 0. The van der Waals surface area contributed by atoms with Gasteiger partial charge in [0.25, 0.3) is 0 Å². The van der Waals surface area contributed by atoms with Gasteiger partial charge in [0, 0.05) is 0 Å². The van der Waals surface area contributed by atoms with Crippen molar-refractivity contribution in [2.75, 3.05) is 13.2 Å². The Morgan fingerprint density at radius 1 is 1.27 bits per heavy atom. The standard InChI is InChI=1S/C15H28O6S/c1-11(21-22(17)18)13-7-5-12(6-8-13)9-19-10-14(16)20-15(2,3)4/h11-13H,5-10H2,1-4H3,(H,17,18)/p-1. The van der Waals surface area contributed by atoms with E-state index in [-0.39, 0.29) is 24.6 Å². The highest BCUT2D eigenvalue weighted by atomic mass is 32.2. The lowest BCUT2D eigenvalue weighted by Crippen LogP contribution is -2.29. The average molecular weight is 335 g/mol. The van der Waals surface area contributed by atoms with Crippen molar-refractivity contribution in [3.05, 3.63) is 0 Å². The highest BCUT2D eigenvalue weighted by Crippen LogP contribution is 2.32. The third-order valence-electron chi connectivity index (χ3n) is 3.78. The van der Waals surface area contributed by atoms with Gasteiger partial charge in [-0.2, -0.15) is 0 Å². The van der Waals surface area contributed by atoms with Crippen LogP contribution >= 0.6 is 0 Å². The van der Waals surface area contributed by atoms with Crippen LogP contribution in [0.1, 0.15) is 53.4 Å². The van der Waals surface area contributed by atoms with Crippen molar-refractivity contribution in [1.29, 1.82) is 0 Å². The first-order chi connectivity index (χ1) is 10.2. The lowest BCUT2D eigenvalue weighted by Gasteiger charge is -2.32. The number of carbonyl (C=O) groups is 1. The van der Waals surface area contributed by atoms with Gasteiger partial charge in [0.05, 0.1) is 24.1 Å². The lowest BCUT2D eigenvalue weighted by atomic mass is 9.80. The van der Waals surface area contributed by atoms with Crippen LogP contribution in [0.4, 0.5) is 0 Å². The molecule has 1 aliphatic carbocycles. The van der Waals surface area contributed by atoms with E-state index in [1.54, 1.807) is 6.92 Å². The molecule has 0 aromatic rings. The minimum atomic E-state index is -2.45. The third-order valence-corrected chi connectivity index (χ3v) is 4.24. The summed E-state index contributed by atoms with van der Waals surface area (Å²) in [6.07, 6.45) is 3.47. The molecular weight excluding hydrogens is 308 g/mol. The van der Waals surface area contributed by atoms with Gasteiger partial charge in [-0.3, -0.25) is 4.18 Å². The molecule has 0 amide bonds. The Kier molecular flexibility index (Phi) is 7.96. The van der Waals surface area contributed by atoms with Crippen LogP contribution in [0.2, 0.25) is 0 Å². The second-order valence-corrected chi connectivity index (χ2v) is 7.49. The van der Waals surface area contributed by atoms with Crippen LogP contribution < -0.4 is 0 Å². The molecule has 2 unspecified atom stereocenters. The van der Waals surface area contributed by atoms with Gasteiger partial charge in [0.2, 0.25) is 0 Å². The molecule has 1 aliphatic rings. The third kappa shape index (κ3) is 8.22. The summed E-state index contributed by atoms with van der Waals surface area (Å²) < 4.78 is 36.5. The van der Waals surface area contributed by atoms with Crippen molar-refractivity contribution in [3.63, 3.8) is 0 Å². The Morgan fingerprint density at radius 2 is 1.86 bits per heavy atom. The molecular formula is C15H27O6S-. The lowest BCUT2D eigenvalue weighted by molar-refractivity contribution is -0.160. The molecule has 1 saturated carbocycles. The number of carbonyl (C=O) groups excluding carboxylic acids is 1. The smallest absolute Gasteiger partial charge is 0.332 e. The van der Waals surface area contributed by atoms with Gasteiger partial charge in [0.1, 0.15) is 12.2 Å². The fourth-order valence-corrected chi connectivity index (χ4v) is 3.11. The van der Waals surface area contributed by atoms with Crippen molar-refractivity contribution in [2.45, 2.75) is 65.1 Å². The molecule has 6 nitrogen and oxygen atoms in total. The number of hydrogen-bond acceptors (Lipinski definition) is 6. The van der Waals surface area contributed by atoms with Gasteiger partial charge >= 0.3 is 5.97 Å². The van der Waals surface area contributed by atoms with Gasteiger partial charge in [-0.25, -0.2) is 9.00 Å². The maximum Gasteiger partial charge on any atom is 0.332 e. The van der Waals surface area contributed by atoms with Crippen molar-refractivity contribution >= 4 is 17.3 Å². The predicted molar refractivity (Wildman–Crippen MR) is 81.6 cm³/mol. The maximum atomic E-state index is 11.5. The molecule has 1 fully saturated rings. The molecule has 22 heavy (non-hydrogen) atoms. The molecule has 0 aromatic carbocycles. The van der Waals surface area contributed by atoms with Crippen LogP contribution in [-0.4, -0.2) is 39.6 Å². The molecule has 0 heterocycles. The van der Waals surface area contributed by atoms with Crippen molar-refractivity contribution < 1.29 is 27.2 Å². The minimum absolute atomic E-state index is 0.0219. The summed E-state index contributed by atoms with van der Waals surface area (Å²) in [4.78, 5) is 11.5. The first-order valence-corrected chi connectivity index (χ1v) is 8.73. The minimum Gasteiger partial charge on any atom is -0.750 e. The van der Waals surface area contributed by atoms with E-state index in [9.17, 15) is 13.6 Å². The number of hydrogen-bond donors (Lipinski definition) is 0. The van der Waals surface area contributed by atoms with Crippen LogP contribution in [0.15, 0.2) is 0 Å². The summed E-state index contributed by atoms with van der Waals surface area (Å²) in [5.74, 6) is 0.324. The SMILES string of the molecule is CC(OS(=O)[O-])C1CCC(COCC(=O)OC(C)(C)C)CC1. The quantitative estimate of drug-likeness (QED) is 0.524. The number of esters is 1. The van der Waals surface area contributed by atoms with Crippen LogP contribution in [0.3, 0.4) is 0 Å². The van der Waals surface area contributed by atoms with E-state index in [0.29, 0.717) is 12.5 Å². The molecule has 2 atom stereocenters. The van der Waals surface area contributed by atoms with Crippen LogP contribution in [-0.2, 0) is 29.8 Å². The molecule has 130 valence electrons. The van der Waals surface area contributed by atoms with Crippen molar-refractivity contribution in [1.82, 2.24) is 0 Å². The van der Waals surface area contributed by atoms with Gasteiger partial charge in [-0.15, -0.1) is 0 Å². The summed E-state index contributed by atoms with van der Waals surface area (Å²) >= 11 is -2.45. The molecule has 0 aromatic heterocycles. The zero-order chi connectivity index (χ0) is 16.8. The molecule has 7 heteroatoms. The monoisotopic (exact) mass is 335 g/mol. The van der Waals surface area contributed by atoms with E-state index in [1.165, 1.54) is 0 Å². The van der Waals surface area contributed by atoms with Crippen LogP contribution in [0, 0.1) is 11.8 Å². The van der Waals surface area contributed by atoms with Gasteiger partial charge in [-0.1, -0.05) is 0 Å². The molecule has 1 rings (SSSR count). The zero-order valence-corrected chi connectivity index (χ0v) is 14.6. The van der Waals surface area contributed by atoms with E-state index in [2.05, 4.69) is 0 Å². The number of ether oxygens (including phenoxy) is 2. The fraction of sp³-hybridized carbons (Fsp3) is 0.933. The highest BCUT2D eigenvalue weighted by molar-refractivity contribution is 7.74. The first-order valence-electron chi connectivity index (χ1n) is 7.73. The number of rotatable bonds is 7. The topological polar surface area (TPSA) is 84.9 Å². The zero-order valence-electron chi connectivity index (χ0n) is 13.8. The maximum absolute atomic E-state index is 11.5. The highest BCUT2D eigenvalue weighted by Gasteiger charge is 2.26. The van der Waals surface area contributed by atoms with E-state index in [4.69, 9.17) is 13.7 Å². The Bertz CT molecular complexity index is 371. The fourth-order valence-electron chi connectivity index (χ4n) is 2.71. The molecule has 0 aliphatic heterocycles. The van der Waals surface area contributed by atoms with E-state index < -0.39 is 17.0 Å².